The van der Waals surface area contributed by atoms with Crippen molar-refractivity contribution < 1.29 is 4.79 Å². The quantitative estimate of drug-likeness (QED) is 0.793. The molecule has 0 fully saturated rings. The lowest BCUT2D eigenvalue weighted by Crippen LogP contribution is -2.47. The third-order valence-electron chi connectivity index (χ3n) is 3.22. The van der Waals surface area contributed by atoms with Gasteiger partial charge in [0.25, 0.3) is 0 Å². The van der Waals surface area contributed by atoms with Gasteiger partial charge in [-0.25, -0.2) is 0 Å². The van der Waals surface area contributed by atoms with E-state index in [2.05, 4.69) is 29.0 Å². The fourth-order valence-electron chi connectivity index (χ4n) is 2.19. The highest BCUT2D eigenvalue weighted by Crippen LogP contribution is 2.16. The summed E-state index contributed by atoms with van der Waals surface area (Å²) in [7, 11) is 0. The summed E-state index contributed by atoms with van der Waals surface area (Å²) >= 11 is 1.81. The molecule has 2 N–H and O–H groups in total. The van der Waals surface area contributed by atoms with Crippen LogP contribution < -0.4 is 10.6 Å². The molecule has 18 heavy (non-hydrogen) atoms. The molecule has 0 aromatic heterocycles. The smallest absolute Gasteiger partial charge is 0.237 e. The molecule has 1 aromatic rings. The van der Waals surface area contributed by atoms with Gasteiger partial charge in [-0.05, 0) is 36.0 Å². The fourth-order valence-corrected chi connectivity index (χ4v) is 2.62. The molecule has 3 nitrogen and oxygen atoms in total. The number of fused-ring (bicyclic) bond motifs is 1. The lowest BCUT2D eigenvalue weighted by atomic mass is 9.95. The average Bonchev–Trinajstić information content (AvgIpc) is 2.43. The van der Waals surface area contributed by atoms with Crippen LogP contribution in [0.2, 0.25) is 0 Å². The molecule has 0 saturated heterocycles. The summed E-state index contributed by atoms with van der Waals surface area (Å²) in [5.41, 5.74) is 2.60. The normalized spacial score (nSPS) is 18.2. The van der Waals surface area contributed by atoms with Gasteiger partial charge in [-0.3, -0.25) is 4.79 Å². The first-order valence-corrected chi connectivity index (χ1v) is 7.77. The number of benzene rings is 1. The number of thioether (sulfide) groups is 1. The van der Waals surface area contributed by atoms with Crippen LogP contribution in [-0.4, -0.2) is 30.5 Å². The van der Waals surface area contributed by atoms with Crippen molar-refractivity contribution in [2.24, 2.45) is 0 Å². The Morgan fingerprint density at radius 2 is 2.22 bits per heavy atom. The highest BCUT2D eigenvalue weighted by atomic mass is 32.2. The van der Waals surface area contributed by atoms with Crippen LogP contribution in [0.15, 0.2) is 24.3 Å². The Morgan fingerprint density at radius 3 is 3.00 bits per heavy atom. The molecule has 0 unspecified atom stereocenters. The second-order valence-corrected chi connectivity index (χ2v) is 5.53. The van der Waals surface area contributed by atoms with E-state index in [0.717, 1.165) is 31.7 Å². The first kappa shape index (κ1) is 13.4. The SMILES string of the molecule is CSCCCNC(=O)[C@@H]1Cc2ccccc2CN1. The molecule has 1 amide bonds. The molecule has 0 saturated carbocycles. The maximum Gasteiger partial charge on any atom is 0.237 e. The zero-order chi connectivity index (χ0) is 12.8. The Morgan fingerprint density at radius 1 is 1.44 bits per heavy atom. The predicted octanol–water partition coefficient (Wildman–Crippen LogP) is 1.57. The number of amides is 1. The minimum atomic E-state index is -0.0748. The minimum Gasteiger partial charge on any atom is -0.355 e. The monoisotopic (exact) mass is 264 g/mol. The molecule has 2 rings (SSSR count). The molecule has 4 heteroatoms. The number of rotatable bonds is 5. The highest BCUT2D eigenvalue weighted by molar-refractivity contribution is 7.98. The number of hydrogen-bond donors (Lipinski definition) is 2. The first-order valence-electron chi connectivity index (χ1n) is 6.38. The van der Waals surface area contributed by atoms with E-state index in [-0.39, 0.29) is 11.9 Å². The van der Waals surface area contributed by atoms with Gasteiger partial charge in [0.2, 0.25) is 5.91 Å². The summed E-state index contributed by atoms with van der Waals surface area (Å²) < 4.78 is 0. The van der Waals surface area contributed by atoms with Crippen LogP contribution in [0.4, 0.5) is 0 Å². The van der Waals surface area contributed by atoms with E-state index in [1.165, 1.54) is 11.1 Å². The third-order valence-corrected chi connectivity index (χ3v) is 3.92. The topological polar surface area (TPSA) is 41.1 Å². The van der Waals surface area contributed by atoms with Gasteiger partial charge >= 0.3 is 0 Å². The van der Waals surface area contributed by atoms with Gasteiger partial charge in [-0.2, -0.15) is 11.8 Å². The van der Waals surface area contributed by atoms with E-state index in [0.29, 0.717) is 0 Å². The van der Waals surface area contributed by atoms with Crippen LogP contribution in [0, 0.1) is 0 Å². The van der Waals surface area contributed by atoms with Crippen LogP contribution in [0.3, 0.4) is 0 Å². The molecular weight excluding hydrogens is 244 g/mol. The van der Waals surface area contributed by atoms with Gasteiger partial charge in [-0.15, -0.1) is 0 Å². The lowest BCUT2D eigenvalue weighted by Gasteiger charge is -2.25. The Hall–Kier alpha value is -1.00. The molecule has 0 aliphatic carbocycles. The standard InChI is InChI=1S/C14H20N2OS/c1-18-8-4-7-15-14(17)13-9-11-5-2-3-6-12(11)10-16-13/h2-3,5-6,13,16H,4,7-10H2,1H3,(H,15,17)/t13-/m0/s1. The van der Waals surface area contributed by atoms with E-state index >= 15 is 0 Å². The van der Waals surface area contributed by atoms with E-state index in [4.69, 9.17) is 0 Å². The van der Waals surface area contributed by atoms with E-state index in [9.17, 15) is 4.79 Å². The predicted molar refractivity (Wildman–Crippen MR) is 76.8 cm³/mol. The Bertz CT molecular complexity index is 409. The van der Waals surface area contributed by atoms with Crippen molar-refractivity contribution in [3.8, 4) is 0 Å². The second-order valence-electron chi connectivity index (χ2n) is 4.54. The summed E-state index contributed by atoms with van der Waals surface area (Å²) in [6.07, 6.45) is 3.92. The number of carbonyl (C=O) groups is 1. The van der Waals surface area contributed by atoms with Gasteiger partial charge in [-0.1, -0.05) is 24.3 Å². The molecule has 0 spiro atoms. The summed E-state index contributed by atoms with van der Waals surface area (Å²) in [6, 6.07) is 8.24. The molecule has 1 aromatic carbocycles. The number of carbonyl (C=O) groups excluding carboxylic acids is 1. The zero-order valence-electron chi connectivity index (χ0n) is 10.7. The average molecular weight is 264 g/mol. The maximum absolute atomic E-state index is 12.0. The molecular formula is C14H20N2OS. The summed E-state index contributed by atoms with van der Waals surface area (Å²) in [5, 5.41) is 6.30. The molecule has 98 valence electrons. The molecule has 1 aliphatic rings. The van der Waals surface area contributed by atoms with Crippen molar-refractivity contribution in [3.63, 3.8) is 0 Å². The van der Waals surface area contributed by atoms with Gasteiger partial charge in [0.05, 0.1) is 6.04 Å². The molecule has 0 radical (unpaired) electrons. The van der Waals surface area contributed by atoms with Gasteiger partial charge in [0, 0.05) is 13.1 Å². The van der Waals surface area contributed by atoms with E-state index < -0.39 is 0 Å². The maximum atomic E-state index is 12.0. The van der Waals surface area contributed by atoms with Crippen molar-refractivity contribution in [2.75, 3.05) is 18.6 Å². The van der Waals surface area contributed by atoms with Crippen LogP contribution in [0.25, 0.3) is 0 Å². The van der Waals surface area contributed by atoms with Crippen molar-refractivity contribution in [1.29, 1.82) is 0 Å². The van der Waals surface area contributed by atoms with Gasteiger partial charge < -0.3 is 10.6 Å². The van der Waals surface area contributed by atoms with Crippen molar-refractivity contribution in [1.82, 2.24) is 10.6 Å². The second kappa shape index (κ2) is 6.81. The zero-order valence-corrected chi connectivity index (χ0v) is 11.6. The Balaban J connectivity index is 1.83. The summed E-state index contributed by atoms with van der Waals surface area (Å²) in [5.74, 6) is 1.23. The lowest BCUT2D eigenvalue weighted by molar-refractivity contribution is -0.123. The number of hydrogen-bond acceptors (Lipinski definition) is 3. The van der Waals surface area contributed by atoms with Crippen molar-refractivity contribution >= 4 is 17.7 Å². The molecule has 0 bridgehead atoms. The minimum absolute atomic E-state index is 0.0748. The fraction of sp³-hybridized carbons (Fsp3) is 0.500. The summed E-state index contributed by atoms with van der Waals surface area (Å²) in [4.78, 5) is 12.0. The van der Waals surface area contributed by atoms with E-state index in [1.54, 1.807) is 0 Å². The van der Waals surface area contributed by atoms with E-state index in [1.807, 2.05) is 23.9 Å². The van der Waals surface area contributed by atoms with Gasteiger partial charge in [0.1, 0.15) is 0 Å². The Kier molecular flexibility index (Phi) is 5.08. The molecule has 1 heterocycles. The van der Waals surface area contributed by atoms with Crippen LogP contribution in [0.1, 0.15) is 17.5 Å². The highest BCUT2D eigenvalue weighted by Gasteiger charge is 2.23. The largest absolute Gasteiger partial charge is 0.355 e. The molecule has 1 aliphatic heterocycles. The third kappa shape index (κ3) is 3.50. The Labute approximate surface area is 113 Å². The van der Waals surface area contributed by atoms with Crippen LogP contribution in [0.5, 0.6) is 0 Å². The van der Waals surface area contributed by atoms with Gasteiger partial charge in [0.15, 0.2) is 0 Å². The van der Waals surface area contributed by atoms with Crippen molar-refractivity contribution in [2.45, 2.75) is 25.4 Å². The van der Waals surface area contributed by atoms with Crippen LogP contribution >= 0.6 is 11.8 Å². The van der Waals surface area contributed by atoms with Crippen LogP contribution in [-0.2, 0) is 17.8 Å². The van der Waals surface area contributed by atoms with Crippen molar-refractivity contribution in [3.05, 3.63) is 35.4 Å². The number of nitrogens with one attached hydrogen (secondary N) is 2. The first-order chi connectivity index (χ1) is 8.81. The molecule has 1 atom stereocenters. The summed E-state index contributed by atoms with van der Waals surface area (Å²) in [6.45, 7) is 1.57.